The lowest BCUT2D eigenvalue weighted by Crippen LogP contribution is -2.39. The summed E-state index contributed by atoms with van der Waals surface area (Å²) in [7, 11) is -3.91. The number of aromatic nitrogens is 1. The Kier molecular flexibility index (Phi) is 4.96. The predicted molar refractivity (Wildman–Crippen MR) is 127 cm³/mol. The number of sulfonamides is 1. The first kappa shape index (κ1) is 20.6. The number of carbonyl (C=O) groups excluding carboxylic acids is 1. The average Bonchev–Trinajstić information content (AvgIpc) is 3.20. The summed E-state index contributed by atoms with van der Waals surface area (Å²) in [6, 6.07) is 19.4. The van der Waals surface area contributed by atoms with Crippen LogP contribution in [0.2, 0.25) is 0 Å². The van der Waals surface area contributed by atoms with Crippen LogP contribution in [-0.2, 0) is 21.2 Å². The van der Waals surface area contributed by atoms with E-state index >= 15 is 0 Å². The van der Waals surface area contributed by atoms with Crippen LogP contribution in [-0.4, -0.2) is 19.3 Å². The highest BCUT2D eigenvalue weighted by Crippen LogP contribution is 2.46. The molecule has 162 valence electrons. The molecule has 1 aliphatic rings. The molecule has 4 aromatic rings. The van der Waals surface area contributed by atoms with E-state index in [1.807, 2.05) is 41.3 Å². The Morgan fingerprint density at radius 3 is 2.59 bits per heavy atom. The second-order valence-corrected chi connectivity index (χ2v) is 10.1. The van der Waals surface area contributed by atoms with Gasteiger partial charge in [-0.05, 0) is 47.9 Å². The number of rotatable bonds is 4. The van der Waals surface area contributed by atoms with Crippen molar-refractivity contribution < 1.29 is 13.2 Å². The number of nitrogens with two attached hydrogens (primary N) is 1. The van der Waals surface area contributed by atoms with Crippen molar-refractivity contribution in [2.24, 2.45) is 5.14 Å². The zero-order chi connectivity index (χ0) is 22.5. The fourth-order valence-electron chi connectivity index (χ4n) is 3.89. The van der Waals surface area contributed by atoms with Gasteiger partial charge in [0, 0.05) is 0 Å². The van der Waals surface area contributed by atoms with Gasteiger partial charge in [-0.2, -0.15) is 0 Å². The van der Waals surface area contributed by atoms with E-state index in [-0.39, 0.29) is 10.8 Å². The maximum absolute atomic E-state index is 13.3. The Bertz CT molecular complexity index is 1450. The van der Waals surface area contributed by atoms with Crippen molar-refractivity contribution in [3.8, 4) is 0 Å². The number of anilines is 3. The fourth-order valence-corrected chi connectivity index (χ4v) is 5.50. The van der Waals surface area contributed by atoms with Gasteiger partial charge in [-0.3, -0.25) is 9.69 Å². The minimum absolute atomic E-state index is 0.0634. The summed E-state index contributed by atoms with van der Waals surface area (Å²) in [5, 5.41) is 8.81. The van der Waals surface area contributed by atoms with Gasteiger partial charge in [-0.15, -0.1) is 0 Å². The highest BCUT2D eigenvalue weighted by Gasteiger charge is 2.37. The molecule has 7 nitrogen and oxygen atoms in total. The van der Waals surface area contributed by atoms with Gasteiger partial charge in [0.25, 0.3) is 5.91 Å². The van der Waals surface area contributed by atoms with Crippen molar-refractivity contribution >= 4 is 54.0 Å². The quantitative estimate of drug-likeness (QED) is 0.467. The third kappa shape index (κ3) is 3.54. The Morgan fingerprint density at radius 2 is 1.88 bits per heavy atom. The number of nitrogens with one attached hydrogen (secondary N) is 1. The van der Waals surface area contributed by atoms with Crippen LogP contribution >= 0.6 is 11.3 Å². The normalized spacial score (nSPS) is 16.1. The van der Waals surface area contributed by atoms with Crippen LogP contribution in [0.4, 0.5) is 16.5 Å². The van der Waals surface area contributed by atoms with Crippen LogP contribution in [0.3, 0.4) is 0 Å². The number of carbonyl (C=O) groups is 1. The second kappa shape index (κ2) is 7.70. The third-order valence-corrected chi connectivity index (χ3v) is 7.42. The molecule has 3 N–H and O–H groups in total. The molecule has 0 aliphatic carbocycles. The van der Waals surface area contributed by atoms with Crippen LogP contribution in [0, 0.1) is 0 Å². The van der Waals surface area contributed by atoms with E-state index in [1.54, 1.807) is 6.07 Å². The van der Waals surface area contributed by atoms with E-state index in [4.69, 9.17) is 10.1 Å². The minimum atomic E-state index is -3.91. The molecule has 1 unspecified atom stereocenters. The van der Waals surface area contributed by atoms with E-state index in [9.17, 15) is 13.2 Å². The lowest BCUT2D eigenvalue weighted by molar-refractivity contribution is -0.117. The van der Waals surface area contributed by atoms with Gasteiger partial charge in [-0.25, -0.2) is 18.5 Å². The van der Waals surface area contributed by atoms with E-state index in [1.165, 1.54) is 29.0 Å². The van der Waals surface area contributed by atoms with Crippen molar-refractivity contribution in [3.63, 3.8) is 0 Å². The SMILES string of the molecule is CCc1ccc2nc(N3c4ccc(S(N)(=O)=O)cc4NC(=O)C3c3ccccc3)sc2c1. The molecule has 1 aliphatic heterocycles. The Hall–Kier alpha value is -3.27. The molecule has 0 radical (unpaired) electrons. The number of nitrogens with zero attached hydrogens (tertiary/aromatic N) is 2. The summed E-state index contributed by atoms with van der Waals surface area (Å²) in [6.07, 6.45) is 0.918. The number of hydrogen-bond donors (Lipinski definition) is 2. The molecule has 1 amide bonds. The number of amides is 1. The van der Waals surface area contributed by atoms with Crippen molar-refractivity contribution in [3.05, 3.63) is 77.9 Å². The lowest BCUT2D eigenvalue weighted by atomic mass is 10.0. The van der Waals surface area contributed by atoms with E-state index < -0.39 is 16.1 Å². The first-order chi connectivity index (χ1) is 15.3. The summed E-state index contributed by atoms with van der Waals surface area (Å²) in [5.74, 6) is -0.274. The topological polar surface area (TPSA) is 105 Å². The molecule has 0 spiro atoms. The monoisotopic (exact) mass is 464 g/mol. The predicted octanol–water partition coefficient (Wildman–Crippen LogP) is 4.34. The summed E-state index contributed by atoms with van der Waals surface area (Å²) < 4.78 is 24.7. The molecule has 1 aromatic heterocycles. The number of primary sulfonamides is 1. The molecule has 0 saturated carbocycles. The van der Waals surface area contributed by atoms with E-state index in [2.05, 4.69) is 24.4 Å². The molecule has 0 saturated heterocycles. The Morgan fingerprint density at radius 1 is 1.09 bits per heavy atom. The molecule has 3 aromatic carbocycles. The van der Waals surface area contributed by atoms with Crippen LogP contribution < -0.4 is 15.4 Å². The van der Waals surface area contributed by atoms with Gasteiger partial charge < -0.3 is 5.32 Å². The maximum atomic E-state index is 13.3. The van der Waals surface area contributed by atoms with Gasteiger partial charge in [-0.1, -0.05) is 54.7 Å². The third-order valence-electron chi connectivity index (χ3n) is 5.49. The molecule has 5 rings (SSSR count). The minimum Gasteiger partial charge on any atom is -0.322 e. The zero-order valence-corrected chi connectivity index (χ0v) is 18.8. The standard InChI is InChI=1S/C23H20N4O3S2/c1-2-14-8-10-17-20(12-14)31-23(26-17)27-19-11-9-16(32(24,29)30)13-18(19)25-22(28)21(27)15-6-4-3-5-7-15/h3-13,21H,2H2,1H3,(H,25,28)(H2,24,29,30). The smallest absolute Gasteiger partial charge is 0.252 e. The number of fused-ring (bicyclic) bond motifs is 2. The number of aryl methyl sites for hydroxylation is 1. The van der Waals surface area contributed by atoms with Crippen molar-refractivity contribution in [1.82, 2.24) is 4.98 Å². The molecule has 0 fully saturated rings. The van der Waals surface area contributed by atoms with E-state index in [0.29, 0.717) is 16.5 Å². The highest BCUT2D eigenvalue weighted by molar-refractivity contribution is 7.89. The molecular formula is C23H20N4O3S2. The zero-order valence-electron chi connectivity index (χ0n) is 17.1. The molecule has 32 heavy (non-hydrogen) atoms. The lowest BCUT2D eigenvalue weighted by Gasteiger charge is -2.36. The van der Waals surface area contributed by atoms with Crippen LogP contribution in [0.15, 0.2) is 71.6 Å². The van der Waals surface area contributed by atoms with Gasteiger partial charge in [0.15, 0.2) is 5.13 Å². The highest BCUT2D eigenvalue weighted by atomic mass is 32.2. The fraction of sp³-hybridized carbons (Fsp3) is 0.130. The summed E-state index contributed by atoms with van der Waals surface area (Å²) >= 11 is 1.50. The summed E-state index contributed by atoms with van der Waals surface area (Å²) in [5.41, 5.74) is 3.90. The maximum Gasteiger partial charge on any atom is 0.252 e. The van der Waals surface area contributed by atoms with Gasteiger partial charge >= 0.3 is 0 Å². The molecule has 0 bridgehead atoms. The Balaban J connectivity index is 1.73. The van der Waals surface area contributed by atoms with Crippen LogP contribution in [0.1, 0.15) is 24.1 Å². The number of hydrogen-bond acceptors (Lipinski definition) is 6. The molecule has 9 heteroatoms. The van der Waals surface area contributed by atoms with Gasteiger partial charge in [0.1, 0.15) is 6.04 Å². The number of benzene rings is 3. The van der Waals surface area contributed by atoms with E-state index in [0.717, 1.165) is 22.2 Å². The van der Waals surface area contributed by atoms with Gasteiger partial charge in [0.05, 0.1) is 26.5 Å². The second-order valence-electron chi connectivity index (χ2n) is 7.55. The molecule has 2 heterocycles. The molecular weight excluding hydrogens is 444 g/mol. The van der Waals surface area contributed by atoms with Crippen molar-refractivity contribution in [1.29, 1.82) is 0 Å². The first-order valence-electron chi connectivity index (χ1n) is 10.1. The summed E-state index contributed by atoms with van der Waals surface area (Å²) in [6.45, 7) is 2.10. The Labute approximate surface area is 189 Å². The number of thiazole rings is 1. The molecule has 1 atom stereocenters. The van der Waals surface area contributed by atoms with Crippen molar-refractivity contribution in [2.45, 2.75) is 24.3 Å². The first-order valence-corrected chi connectivity index (χ1v) is 12.4. The van der Waals surface area contributed by atoms with Crippen LogP contribution in [0.5, 0.6) is 0 Å². The average molecular weight is 465 g/mol. The van der Waals surface area contributed by atoms with Gasteiger partial charge in [0.2, 0.25) is 10.0 Å². The largest absolute Gasteiger partial charge is 0.322 e. The van der Waals surface area contributed by atoms with Crippen molar-refractivity contribution in [2.75, 3.05) is 10.2 Å². The van der Waals surface area contributed by atoms with Crippen LogP contribution in [0.25, 0.3) is 10.2 Å². The summed E-state index contributed by atoms with van der Waals surface area (Å²) in [4.78, 5) is 19.9.